The largest absolute Gasteiger partial charge is 0.378 e. The van der Waals surface area contributed by atoms with Crippen LogP contribution in [0.2, 0.25) is 0 Å². The third-order valence-electron chi connectivity index (χ3n) is 5.12. The first kappa shape index (κ1) is 19.6. The average molecular weight is 435 g/mol. The Morgan fingerprint density at radius 2 is 2.03 bits per heavy atom. The number of rotatable bonds is 6. The lowest BCUT2D eigenvalue weighted by Gasteiger charge is -2.29. The number of ether oxygens (including phenoxy) is 1. The number of aromatic amines is 2. The molecule has 0 saturated carbocycles. The quantitative estimate of drug-likeness (QED) is 0.346. The Bertz CT molecular complexity index is 1200. The van der Waals surface area contributed by atoms with Crippen molar-refractivity contribution < 1.29 is 4.74 Å². The van der Waals surface area contributed by atoms with Crippen LogP contribution < -0.4 is 10.2 Å². The molecule has 1 aliphatic heterocycles. The van der Waals surface area contributed by atoms with Crippen molar-refractivity contribution in [2.75, 3.05) is 43.1 Å². The minimum atomic E-state index is 0.624. The molecule has 0 amide bonds. The molecule has 0 unspecified atom stereocenters. The third-order valence-corrected chi connectivity index (χ3v) is 5.54. The van der Waals surface area contributed by atoms with Crippen LogP contribution in [-0.2, 0) is 4.74 Å². The fourth-order valence-electron chi connectivity index (χ4n) is 3.55. The van der Waals surface area contributed by atoms with Gasteiger partial charge in [-0.15, -0.1) is 12.6 Å². The molecule has 4 heterocycles. The van der Waals surface area contributed by atoms with Crippen LogP contribution in [0.1, 0.15) is 5.69 Å². The Labute approximate surface area is 184 Å². The minimum absolute atomic E-state index is 0.624. The predicted octanol–water partition coefficient (Wildman–Crippen LogP) is 2.99. The van der Waals surface area contributed by atoms with Crippen LogP contribution in [-0.4, -0.2) is 63.2 Å². The van der Waals surface area contributed by atoms with E-state index >= 15 is 0 Å². The highest BCUT2D eigenvalue weighted by molar-refractivity contribution is 7.80. The SMILES string of the molecule is Sc1c(/C=C/CNc2ccn[nH]2)nc(-c2cccc3[nH]ncc23)nc1N1CCOCC1. The van der Waals surface area contributed by atoms with Crippen LogP contribution in [0, 0.1) is 0 Å². The Morgan fingerprint density at radius 3 is 2.87 bits per heavy atom. The Morgan fingerprint density at radius 1 is 1.13 bits per heavy atom. The number of hydrogen-bond donors (Lipinski definition) is 4. The fourth-order valence-corrected chi connectivity index (χ4v) is 3.87. The van der Waals surface area contributed by atoms with E-state index < -0.39 is 0 Å². The van der Waals surface area contributed by atoms with E-state index in [1.54, 1.807) is 12.4 Å². The monoisotopic (exact) mass is 434 g/mol. The topological polar surface area (TPSA) is 108 Å². The maximum atomic E-state index is 5.52. The second-order valence-corrected chi connectivity index (χ2v) is 7.54. The van der Waals surface area contributed by atoms with Gasteiger partial charge in [-0.05, 0) is 18.2 Å². The van der Waals surface area contributed by atoms with E-state index in [0.717, 1.165) is 51.8 Å². The molecule has 3 aromatic heterocycles. The number of aromatic nitrogens is 6. The molecule has 1 fully saturated rings. The second-order valence-electron chi connectivity index (χ2n) is 7.09. The highest BCUT2D eigenvalue weighted by atomic mass is 32.1. The standard InChI is InChI=1S/C21H22N8OS/c31-19-17(5-2-7-22-18-6-8-23-28-18)25-20(26-21(19)29-9-11-30-12-10-29)14-3-1-4-16-15(14)13-24-27-16/h1-6,8,13,31H,7,9-12H2,(H,24,27)(H2,22,23,28)/b5-2+. The van der Waals surface area contributed by atoms with Gasteiger partial charge in [0.2, 0.25) is 0 Å². The van der Waals surface area contributed by atoms with Gasteiger partial charge in [-0.25, -0.2) is 9.97 Å². The zero-order valence-electron chi connectivity index (χ0n) is 16.7. The van der Waals surface area contributed by atoms with E-state index in [4.69, 9.17) is 27.3 Å². The summed E-state index contributed by atoms with van der Waals surface area (Å²) in [5.74, 6) is 2.32. The molecule has 0 spiro atoms. The molecule has 0 bridgehead atoms. The molecule has 31 heavy (non-hydrogen) atoms. The molecular formula is C21H22N8OS. The van der Waals surface area contributed by atoms with Crippen LogP contribution >= 0.6 is 12.6 Å². The molecule has 1 saturated heterocycles. The van der Waals surface area contributed by atoms with Crippen LogP contribution in [0.3, 0.4) is 0 Å². The summed E-state index contributed by atoms with van der Waals surface area (Å²) in [6.45, 7) is 3.50. The summed E-state index contributed by atoms with van der Waals surface area (Å²) in [6.07, 6.45) is 7.49. The zero-order valence-corrected chi connectivity index (χ0v) is 17.6. The van der Waals surface area contributed by atoms with Crippen LogP contribution in [0.4, 0.5) is 11.6 Å². The smallest absolute Gasteiger partial charge is 0.162 e. The summed E-state index contributed by atoms with van der Waals surface area (Å²) in [5, 5.41) is 18.2. The number of thiol groups is 1. The molecular weight excluding hydrogens is 412 g/mol. The summed E-state index contributed by atoms with van der Waals surface area (Å²) in [7, 11) is 0. The lowest BCUT2D eigenvalue weighted by molar-refractivity contribution is 0.122. The first-order valence-electron chi connectivity index (χ1n) is 10.1. The molecule has 5 rings (SSSR count). The number of H-pyrrole nitrogens is 2. The number of anilines is 2. The first-order chi connectivity index (χ1) is 15.3. The number of fused-ring (bicyclic) bond motifs is 1. The molecule has 9 nitrogen and oxygen atoms in total. The second kappa shape index (κ2) is 8.78. The maximum Gasteiger partial charge on any atom is 0.162 e. The van der Waals surface area contributed by atoms with Crippen molar-refractivity contribution in [1.29, 1.82) is 0 Å². The van der Waals surface area contributed by atoms with Gasteiger partial charge < -0.3 is 15.0 Å². The lowest BCUT2D eigenvalue weighted by Crippen LogP contribution is -2.37. The first-order valence-corrected chi connectivity index (χ1v) is 10.5. The maximum absolute atomic E-state index is 5.52. The van der Waals surface area contributed by atoms with Gasteiger partial charge in [-0.3, -0.25) is 10.2 Å². The zero-order chi connectivity index (χ0) is 21.0. The van der Waals surface area contributed by atoms with Crippen molar-refractivity contribution in [3.05, 3.63) is 48.4 Å². The molecule has 158 valence electrons. The van der Waals surface area contributed by atoms with E-state index in [9.17, 15) is 0 Å². The summed E-state index contributed by atoms with van der Waals surface area (Å²) in [5.41, 5.74) is 2.64. The average Bonchev–Trinajstić information content (AvgIpc) is 3.50. The predicted molar refractivity (Wildman–Crippen MR) is 124 cm³/mol. The number of hydrogen-bond acceptors (Lipinski definition) is 8. The molecule has 0 radical (unpaired) electrons. The Kier molecular flexibility index (Phi) is 5.55. The van der Waals surface area contributed by atoms with Gasteiger partial charge in [0, 0.05) is 30.6 Å². The summed E-state index contributed by atoms with van der Waals surface area (Å²) in [6, 6.07) is 7.86. The van der Waals surface area contributed by atoms with Gasteiger partial charge in [-0.2, -0.15) is 10.2 Å². The lowest BCUT2D eigenvalue weighted by atomic mass is 10.1. The van der Waals surface area contributed by atoms with Gasteiger partial charge in [0.05, 0.1) is 41.7 Å². The normalized spacial score (nSPS) is 14.5. The molecule has 3 N–H and O–H groups in total. The number of morpholine rings is 1. The Balaban J connectivity index is 1.52. The van der Waals surface area contributed by atoms with Gasteiger partial charge >= 0.3 is 0 Å². The van der Waals surface area contributed by atoms with E-state index in [0.29, 0.717) is 25.6 Å². The molecule has 1 aromatic carbocycles. The van der Waals surface area contributed by atoms with Gasteiger partial charge in [0.25, 0.3) is 0 Å². The molecule has 4 aromatic rings. The molecule has 0 aliphatic carbocycles. The van der Waals surface area contributed by atoms with Gasteiger partial charge in [-0.1, -0.05) is 18.2 Å². The highest BCUT2D eigenvalue weighted by Gasteiger charge is 2.20. The van der Waals surface area contributed by atoms with Crippen molar-refractivity contribution >= 4 is 41.2 Å². The van der Waals surface area contributed by atoms with Crippen molar-refractivity contribution in [3.8, 4) is 11.4 Å². The summed E-state index contributed by atoms with van der Waals surface area (Å²) < 4.78 is 5.52. The number of nitrogens with one attached hydrogen (secondary N) is 3. The van der Waals surface area contributed by atoms with E-state index in [2.05, 4.69) is 30.6 Å². The van der Waals surface area contributed by atoms with Crippen LogP contribution in [0.5, 0.6) is 0 Å². The summed E-state index contributed by atoms with van der Waals surface area (Å²) >= 11 is 4.79. The Hall–Kier alpha value is -3.37. The van der Waals surface area contributed by atoms with Crippen molar-refractivity contribution in [2.24, 2.45) is 0 Å². The van der Waals surface area contributed by atoms with Crippen molar-refractivity contribution in [2.45, 2.75) is 4.90 Å². The van der Waals surface area contributed by atoms with E-state index in [-0.39, 0.29) is 0 Å². The van der Waals surface area contributed by atoms with Crippen LogP contribution in [0.15, 0.2) is 47.6 Å². The molecule has 10 heteroatoms. The van der Waals surface area contributed by atoms with Gasteiger partial charge in [0.15, 0.2) is 5.82 Å². The van der Waals surface area contributed by atoms with E-state index in [1.807, 2.05) is 36.4 Å². The fraction of sp³-hybridized carbons (Fsp3) is 0.238. The highest BCUT2D eigenvalue weighted by Crippen LogP contribution is 2.32. The van der Waals surface area contributed by atoms with Crippen molar-refractivity contribution in [3.63, 3.8) is 0 Å². The third kappa shape index (κ3) is 4.12. The van der Waals surface area contributed by atoms with Crippen molar-refractivity contribution in [1.82, 2.24) is 30.4 Å². The van der Waals surface area contributed by atoms with E-state index in [1.165, 1.54) is 0 Å². The number of benzene rings is 1. The number of nitrogens with zero attached hydrogens (tertiary/aromatic N) is 5. The van der Waals surface area contributed by atoms with Crippen LogP contribution in [0.25, 0.3) is 28.4 Å². The summed E-state index contributed by atoms with van der Waals surface area (Å²) in [4.78, 5) is 12.7. The van der Waals surface area contributed by atoms with Gasteiger partial charge in [0.1, 0.15) is 11.6 Å². The minimum Gasteiger partial charge on any atom is -0.378 e. The molecule has 1 aliphatic rings. The molecule has 0 atom stereocenters.